The summed E-state index contributed by atoms with van der Waals surface area (Å²) in [5, 5.41) is 0. The summed E-state index contributed by atoms with van der Waals surface area (Å²) in [5.41, 5.74) is 2.74. The highest BCUT2D eigenvalue weighted by Crippen LogP contribution is 2.30. The van der Waals surface area contributed by atoms with E-state index in [9.17, 15) is 4.79 Å². The van der Waals surface area contributed by atoms with Crippen molar-refractivity contribution in [3.63, 3.8) is 0 Å². The number of benzene rings is 1. The van der Waals surface area contributed by atoms with Gasteiger partial charge in [0.1, 0.15) is 11.6 Å². The Kier molecular flexibility index (Phi) is 3.30. The Bertz CT molecular complexity index is 691. The molecule has 104 valence electrons. The number of fused-ring (bicyclic) bond motifs is 1. The van der Waals surface area contributed by atoms with Gasteiger partial charge in [0.15, 0.2) is 0 Å². The second kappa shape index (κ2) is 5.12. The van der Waals surface area contributed by atoms with Crippen LogP contribution in [0.1, 0.15) is 35.5 Å². The zero-order chi connectivity index (χ0) is 14.1. The van der Waals surface area contributed by atoms with Crippen LogP contribution in [0.4, 0.5) is 0 Å². The van der Waals surface area contributed by atoms with Crippen molar-refractivity contribution >= 4 is 0 Å². The van der Waals surface area contributed by atoms with Crippen LogP contribution in [-0.2, 0) is 12.8 Å². The molecule has 2 aromatic rings. The number of aromatic amines is 1. The second-order valence-electron chi connectivity index (χ2n) is 5.19. The molecule has 0 saturated carbocycles. The number of aromatic nitrogens is 2. The van der Waals surface area contributed by atoms with E-state index in [4.69, 9.17) is 4.74 Å². The first-order valence-electron chi connectivity index (χ1n) is 6.99. The van der Waals surface area contributed by atoms with Gasteiger partial charge in [-0.05, 0) is 31.4 Å². The van der Waals surface area contributed by atoms with Gasteiger partial charge >= 0.3 is 0 Å². The maximum Gasteiger partial charge on any atom is 0.254 e. The molecule has 2 heterocycles. The summed E-state index contributed by atoms with van der Waals surface area (Å²) < 4.78 is 5.76. The molecular weight excluding hydrogens is 252 g/mol. The fourth-order valence-electron chi connectivity index (χ4n) is 2.75. The highest BCUT2D eigenvalue weighted by molar-refractivity contribution is 5.36. The van der Waals surface area contributed by atoms with E-state index in [0.717, 1.165) is 29.3 Å². The van der Waals surface area contributed by atoms with E-state index < -0.39 is 0 Å². The molecule has 1 aromatic heterocycles. The number of hydrogen-bond acceptors (Lipinski definition) is 3. The lowest BCUT2D eigenvalue weighted by atomic mass is 9.96. The molecule has 4 nitrogen and oxygen atoms in total. The summed E-state index contributed by atoms with van der Waals surface area (Å²) in [6, 6.07) is 8.02. The largest absolute Gasteiger partial charge is 0.493 e. The number of ether oxygens (including phenoxy) is 1. The first-order chi connectivity index (χ1) is 9.69. The predicted octanol–water partition coefficient (Wildman–Crippen LogP) is 2.36. The average molecular weight is 270 g/mol. The van der Waals surface area contributed by atoms with Crippen LogP contribution in [0.25, 0.3) is 0 Å². The van der Waals surface area contributed by atoms with E-state index in [1.165, 1.54) is 5.56 Å². The third-order valence-electron chi connectivity index (χ3n) is 3.86. The molecule has 0 amide bonds. The minimum absolute atomic E-state index is 0.0196. The summed E-state index contributed by atoms with van der Waals surface area (Å²) in [4.78, 5) is 19.5. The van der Waals surface area contributed by atoms with E-state index in [2.05, 4.69) is 16.0 Å². The van der Waals surface area contributed by atoms with Crippen LogP contribution >= 0.6 is 0 Å². The third-order valence-corrected chi connectivity index (χ3v) is 3.86. The molecule has 3 rings (SSSR count). The zero-order valence-corrected chi connectivity index (χ0v) is 11.8. The van der Waals surface area contributed by atoms with E-state index in [-0.39, 0.29) is 11.5 Å². The topological polar surface area (TPSA) is 55.0 Å². The maximum atomic E-state index is 12.0. The number of rotatable bonds is 2. The van der Waals surface area contributed by atoms with Gasteiger partial charge in [-0.3, -0.25) is 4.79 Å². The molecule has 1 unspecified atom stereocenters. The van der Waals surface area contributed by atoms with E-state index in [1.807, 2.05) is 32.0 Å². The van der Waals surface area contributed by atoms with Gasteiger partial charge in [0, 0.05) is 11.3 Å². The molecule has 0 saturated heterocycles. The molecular formula is C16H18N2O2. The molecule has 1 N–H and O–H groups in total. The smallest absolute Gasteiger partial charge is 0.254 e. The van der Waals surface area contributed by atoms with Gasteiger partial charge in [0.05, 0.1) is 12.5 Å². The predicted molar refractivity (Wildman–Crippen MR) is 77.4 cm³/mol. The van der Waals surface area contributed by atoms with Crippen molar-refractivity contribution < 1.29 is 4.74 Å². The van der Waals surface area contributed by atoms with Crippen molar-refractivity contribution in [2.75, 3.05) is 6.61 Å². The van der Waals surface area contributed by atoms with Crippen molar-refractivity contribution in [1.82, 2.24) is 9.97 Å². The fourth-order valence-corrected chi connectivity index (χ4v) is 2.75. The van der Waals surface area contributed by atoms with Gasteiger partial charge < -0.3 is 9.72 Å². The highest BCUT2D eigenvalue weighted by Gasteiger charge is 2.23. The minimum Gasteiger partial charge on any atom is -0.493 e. The highest BCUT2D eigenvalue weighted by atomic mass is 16.5. The summed E-state index contributed by atoms with van der Waals surface area (Å²) in [7, 11) is 0. The SMILES string of the molecule is CCc1c(C)nc(C2COc3ccccc3C2)[nH]c1=O. The Morgan fingerprint density at radius 1 is 1.40 bits per heavy atom. The van der Waals surface area contributed by atoms with Crippen LogP contribution < -0.4 is 10.3 Å². The molecule has 0 bridgehead atoms. The number of para-hydroxylation sites is 1. The Morgan fingerprint density at radius 2 is 2.20 bits per heavy atom. The summed E-state index contributed by atoms with van der Waals surface area (Å²) in [6.07, 6.45) is 1.56. The standard InChI is InChI=1S/C16H18N2O2/c1-3-13-10(2)17-15(18-16(13)19)12-8-11-6-4-5-7-14(11)20-9-12/h4-7,12H,3,8-9H2,1-2H3,(H,17,18,19). The fraction of sp³-hybridized carbons (Fsp3) is 0.375. The summed E-state index contributed by atoms with van der Waals surface area (Å²) in [6.45, 7) is 4.43. The average Bonchev–Trinajstić information content (AvgIpc) is 2.46. The lowest BCUT2D eigenvalue weighted by molar-refractivity contribution is 0.257. The normalized spacial score (nSPS) is 17.4. The molecule has 1 atom stereocenters. The van der Waals surface area contributed by atoms with Crippen molar-refractivity contribution in [2.24, 2.45) is 0 Å². The van der Waals surface area contributed by atoms with Crippen LogP contribution in [0.3, 0.4) is 0 Å². The first-order valence-corrected chi connectivity index (χ1v) is 6.99. The zero-order valence-electron chi connectivity index (χ0n) is 11.8. The summed E-state index contributed by atoms with van der Waals surface area (Å²) in [5.74, 6) is 1.79. The third kappa shape index (κ3) is 2.22. The van der Waals surface area contributed by atoms with Crippen LogP contribution in [0.2, 0.25) is 0 Å². The Morgan fingerprint density at radius 3 is 2.95 bits per heavy atom. The van der Waals surface area contributed by atoms with Crippen molar-refractivity contribution in [3.05, 3.63) is 57.3 Å². The molecule has 0 spiro atoms. The lowest BCUT2D eigenvalue weighted by Gasteiger charge is -2.24. The van der Waals surface area contributed by atoms with Gasteiger partial charge in [-0.2, -0.15) is 0 Å². The number of hydrogen-bond donors (Lipinski definition) is 1. The quantitative estimate of drug-likeness (QED) is 0.911. The van der Waals surface area contributed by atoms with E-state index in [0.29, 0.717) is 13.0 Å². The van der Waals surface area contributed by atoms with Crippen LogP contribution in [0.5, 0.6) is 5.75 Å². The van der Waals surface area contributed by atoms with E-state index in [1.54, 1.807) is 0 Å². The first kappa shape index (κ1) is 12.9. The van der Waals surface area contributed by atoms with Crippen molar-refractivity contribution in [1.29, 1.82) is 0 Å². The van der Waals surface area contributed by atoms with Crippen molar-refractivity contribution in [2.45, 2.75) is 32.6 Å². The van der Waals surface area contributed by atoms with Gasteiger partial charge in [-0.15, -0.1) is 0 Å². The Labute approximate surface area is 117 Å². The van der Waals surface area contributed by atoms with Crippen molar-refractivity contribution in [3.8, 4) is 5.75 Å². The molecule has 1 aliphatic heterocycles. The molecule has 20 heavy (non-hydrogen) atoms. The lowest BCUT2D eigenvalue weighted by Crippen LogP contribution is -2.26. The van der Waals surface area contributed by atoms with Crippen LogP contribution in [0, 0.1) is 6.92 Å². The molecule has 0 aliphatic carbocycles. The summed E-state index contributed by atoms with van der Waals surface area (Å²) >= 11 is 0. The second-order valence-corrected chi connectivity index (χ2v) is 5.19. The minimum atomic E-state index is -0.0196. The van der Waals surface area contributed by atoms with E-state index >= 15 is 0 Å². The molecule has 4 heteroatoms. The van der Waals surface area contributed by atoms with Crippen LogP contribution in [0.15, 0.2) is 29.1 Å². The Hall–Kier alpha value is -2.10. The Balaban J connectivity index is 1.94. The number of aryl methyl sites for hydroxylation is 1. The number of nitrogens with zero attached hydrogens (tertiary/aromatic N) is 1. The van der Waals surface area contributed by atoms with Crippen LogP contribution in [-0.4, -0.2) is 16.6 Å². The van der Waals surface area contributed by atoms with Gasteiger partial charge in [-0.1, -0.05) is 25.1 Å². The van der Waals surface area contributed by atoms with Gasteiger partial charge in [-0.25, -0.2) is 4.98 Å². The van der Waals surface area contributed by atoms with Gasteiger partial charge in [0.2, 0.25) is 0 Å². The molecule has 0 radical (unpaired) electrons. The number of H-pyrrole nitrogens is 1. The maximum absolute atomic E-state index is 12.0. The molecule has 1 aromatic carbocycles. The monoisotopic (exact) mass is 270 g/mol. The molecule has 1 aliphatic rings. The van der Waals surface area contributed by atoms with Gasteiger partial charge in [0.25, 0.3) is 5.56 Å². The molecule has 0 fully saturated rings. The number of nitrogens with one attached hydrogen (secondary N) is 1.